The van der Waals surface area contributed by atoms with Gasteiger partial charge in [-0.25, -0.2) is 8.51 Å². The van der Waals surface area contributed by atoms with Crippen LogP contribution in [0.1, 0.15) is 45.7 Å². The van der Waals surface area contributed by atoms with Gasteiger partial charge in [-0.1, -0.05) is 18.2 Å². The van der Waals surface area contributed by atoms with Gasteiger partial charge >= 0.3 is 0 Å². The first-order chi connectivity index (χ1) is 17.3. The lowest BCUT2D eigenvalue weighted by Gasteiger charge is -2.36. The van der Waals surface area contributed by atoms with Gasteiger partial charge in [0.05, 0.1) is 21.8 Å². The first kappa shape index (κ1) is 24.9. The molecule has 0 bridgehead atoms. The van der Waals surface area contributed by atoms with Crippen LogP contribution in [0.4, 0.5) is 0 Å². The summed E-state index contributed by atoms with van der Waals surface area (Å²) in [4.78, 5) is 28.6. The molecular weight excluding hydrogens is 474 g/mol. The summed E-state index contributed by atoms with van der Waals surface area (Å²) in [6.45, 7) is 10.2. The molecule has 2 saturated heterocycles. The fraction of sp³-hybridized carbons (Fsp3) is 0.481. The number of amides is 1. The van der Waals surface area contributed by atoms with Gasteiger partial charge in [0, 0.05) is 67.1 Å². The van der Waals surface area contributed by atoms with Crippen molar-refractivity contribution in [3.05, 3.63) is 68.8 Å². The number of aromatic amines is 1. The number of hydrogen-bond acceptors (Lipinski definition) is 4. The minimum atomic E-state index is -0.891. The molecule has 2 aliphatic rings. The maximum atomic E-state index is 13.4. The molecule has 2 aliphatic heterocycles. The van der Waals surface area contributed by atoms with E-state index in [1.165, 1.54) is 0 Å². The summed E-state index contributed by atoms with van der Waals surface area (Å²) >= 11 is 0. The molecule has 36 heavy (non-hydrogen) atoms. The number of para-hydroxylation sites is 1. The average molecular weight is 510 g/mol. The summed E-state index contributed by atoms with van der Waals surface area (Å²) in [6, 6.07) is 9.95. The predicted molar refractivity (Wildman–Crippen MR) is 143 cm³/mol. The Hall–Kier alpha value is -2.75. The maximum absolute atomic E-state index is 13.4. The minimum Gasteiger partial charge on any atom is -0.348 e. The third-order valence-corrected chi connectivity index (χ3v) is 9.45. The van der Waals surface area contributed by atoms with Crippen LogP contribution in [0.5, 0.6) is 0 Å². The van der Waals surface area contributed by atoms with Crippen molar-refractivity contribution in [1.29, 1.82) is 0 Å². The zero-order chi connectivity index (χ0) is 25.4. The second-order valence-electron chi connectivity index (χ2n) is 10.1. The molecule has 0 radical (unpaired) electrons. The molecule has 0 spiro atoms. The molecule has 1 amide bonds. The molecule has 9 heteroatoms. The number of carbonyl (C=O) groups is 1. The highest BCUT2D eigenvalue weighted by Gasteiger charge is 2.31. The normalized spacial score (nSPS) is 18.3. The number of H-pyrrole nitrogens is 1. The highest BCUT2D eigenvalue weighted by atomic mass is 32.2. The van der Waals surface area contributed by atoms with Crippen LogP contribution < -0.4 is 16.2 Å². The van der Waals surface area contributed by atoms with Crippen molar-refractivity contribution in [3.63, 3.8) is 0 Å². The van der Waals surface area contributed by atoms with Gasteiger partial charge in [-0.2, -0.15) is 0 Å². The number of nitrogens with zero attached hydrogens (tertiary/aromatic N) is 2. The van der Waals surface area contributed by atoms with Gasteiger partial charge in [0.25, 0.3) is 11.5 Å². The van der Waals surface area contributed by atoms with Gasteiger partial charge in [0.15, 0.2) is 0 Å². The van der Waals surface area contributed by atoms with Crippen LogP contribution in [0.2, 0.25) is 0 Å². The topological polar surface area (TPSA) is 99.2 Å². The molecule has 8 nitrogen and oxygen atoms in total. The first-order valence-corrected chi connectivity index (χ1v) is 13.9. The van der Waals surface area contributed by atoms with Crippen molar-refractivity contribution < 1.29 is 9.00 Å². The van der Waals surface area contributed by atoms with Crippen LogP contribution in [0.3, 0.4) is 0 Å². The smallest absolute Gasteiger partial charge is 0.254 e. The lowest BCUT2D eigenvalue weighted by molar-refractivity contribution is 0.0951. The SMILES string of the molecule is Cc1cc(C)c(CNC(=O)c2c(C)n(CC3CCN(S(=O)C4CNC4)CC3)c3ccccc23)c(=O)[nH]1. The Labute approximate surface area is 214 Å². The number of piperidine rings is 1. The van der Waals surface area contributed by atoms with Gasteiger partial charge in [-0.05, 0) is 57.2 Å². The first-order valence-electron chi connectivity index (χ1n) is 12.7. The van der Waals surface area contributed by atoms with Crippen LogP contribution in [0.25, 0.3) is 10.9 Å². The number of rotatable bonds is 7. The number of carbonyl (C=O) groups excluding carboxylic acids is 1. The fourth-order valence-corrected chi connectivity index (χ4v) is 6.97. The summed E-state index contributed by atoms with van der Waals surface area (Å²) in [6.07, 6.45) is 1.99. The third-order valence-electron chi connectivity index (χ3n) is 7.68. The number of hydrogen-bond donors (Lipinski definition) is 3. The van der Waals surface area contributed by atoms with E-state index < -0.39 is 11.0 Å². The Bertz CT molecular complexity index is 1370. The average Bonchev–Trinajstić information content (AvgIpc) is 3.09. The lowest BCUT2D eigenvalue weighted by atomic mass is 9.98. The number of aryl methyl sites for hydroxylation is 2. The number of pyridine rings is 1. The Morgan fingerprint density at radius 2 is 1.86 bits per heavy atom. The molecule has 3 aromatic rings. The van der Waals surface area contributed by atoms with Gasteiger partial charge < -0.3 is 20.2 Å². The zero-order valence-electron chi connectivity index (χ0n) is 21.2. The Balaban J connectivity index is 1.32. The van der Waals surface area contributed by atoms with Crippen molar-refractivity contribution >= 4 is 27.8 Å². The van der Waals surface area contributed by atoms with Crippen molar-refractivity contribution in [3.8, 4) is 0 Å². The van der Waals surface area contributed by atoms with Gasteiger partial charge in [-0.3, -0.25) is 9.59 Å². The minimum absolute atomic E-state index is 0.159. The molecular formula is C27H35N5O3S. The highest BCUT2D eigenvalue weighted by molar-refractivity contribution is 7.83. The molecule has 4 heterocycles. The quantitative estimate of drug-likeness (QED) is 0.456. The van der Waals surface area contributed by atoms with E-state index in [4.69, 9.17) is 0 Å². The Morgan fingerprint density at radius 3 is 2.53 bits per heavy atom. The van der Waals surface area contributed by atoms with Crippen LogP contribution in [-0.4, -0.2) is 55.4 Å². The summed E-state index contributed by atoms with van der Waals surface area (Å²) in [7, 11) is -0.891. The van der Waals surface area contributed by atoms with E-state index in [0.29, 0.717) is 17.0 Å². The standard InChI is InChI=1S/C27H35N5O3S/c1-17-12-18(2)30-26(33)23(17)15-29-27(34)25-19(3)32(24-7-5-4-6-22(24)25)16-20-8-10-31(11-9-20)36(35)21-13-28-14-21/h4-7,12,20-21,28H,8-11,13-16H2,1-3H3,(H,29,34)(H,30,33). The van der Waals surface area contributed by atoms with Crippen molar-refractivity contribution in [2.24, 2.45) is 5.92 Å². The van der Waals surface area contributed by atoms with Gasteiger partial charge in [0.2, 0.25) is 0 Å². The Kier molecular flexibility index (Phi) is 7.14. The Morgan fingerprint density at radius 1 is 1.14 bits per heavy atom. The molecule has 1 atom stereocenters. The number of benzene rings is 1. The molecule has 2 fully saturated rings. The molecule has 0 saturated carbocycles. The van der Waals surface area contributed by atoms with E-state index in [9.17, 15) is 13.8 Å². The molecule has 2 aromatic heterocycles. The summed E-state index contributed by atoms with van der Waals surface area (Å²) in [5, 5.41) is 7.39. The fourth-order valence-electron chi connectivity index (χ4n) is 5.46. The van der Waals surface area contributed by atoms with Crippen LogP contribution in [-0.2, 0) is 24.1 Å². The molecule has 192 valence electrons. The van der Waals surface area contributed by atoms with Gasteiger partial charge in [-0.15, -0.1) is 0 Å². The molecule has 0 aliphatic carbocycles. The second-order valence-corrected chi connectivity index (χ2v) is 11.9. The zero-order valence-corrected chi connectivity index (χ0v) is 22.0. The van der Waals surface area contributed by atoms with E-state index >= 15 is 0 Å². The number of nitrogens with one attached hydrogen (secondary N) is 3. The maximum Gasteiger partial charge on any atom is 0.254 e. The molecule has 1 unspecified atom stereocenters. The van der Waals surface area contributed by atoms with E-state index in [-0.39, 0.29) is 23.3 Å². The number of aromatic nitrogens is 2. The molecule has 1 aromatic carbocycles. The van der Waals surface area contributed by atoms with E-state index in [1.54, 1.807) is 0 Å². The third kappa shape index (κ3) is 4.79. The molecule has 3 N–H and O–H groups in total. The van der Waals surface area contributed by atoms with Gasteiger partial charge in [0.1, 0.15) is 0 Å². The lowest BCUT2D eigenvalue weighted by Crippen LogP contribution is -2.54. The van der Waals surface area contributed by atoms with Crippen molar-refractivity contribution in [2.75, 3.05) is 26.2 Å². The molecule has 5 rings (SSSR count). The highest BCUT2D eigenvalue weighted by Crippen LogP contribution is 2.30. The van der Waals surface area contributed by atoms with E-state index in [1.807, 2.05) is 45.0 Å². The number of fused-ring (bicyclic) bond motifs is 1. The van der Waals surface area contributed by atoms with Crippen LogP contribution >= 0.6 is 0 Å². The second kappa shape index (κ2) is 10.3. The van der Waals surface area contributed by atoms with Crippen molar-refractivity contribution in [1.82, 2.24) is 24.5 Å². The largest absolute Gasteiger partial charge is 0.348 e. The summed E-state index contributed by atoms with van der Waals surface area (Å²) in [5.41, 5.74) is 4.76. The predicted octanol–water partition coefficient (Wildman–Crippen LogP) is 2.53. The van der Waals surface area contributed by atoms with E-state index in [0.717, 1.165) is 73.4 Å². The monoisotopic (exact) mass is 509 g/mol. The van der Waals surface area contributed by atoms with Crippen LogP contribution in [0, 0.1) is 26.7 Å². The van der Waals surface area contributed by atoms with Crippen molar-refractivity contribution in [2.45, 2.75) is 52.0 Å². The summed E-state index contributed by atoms with van der Waals surface area (Å²) in [5.74, 6) is 0.304. The summed E-state index contributed by atoms with van der Waals surface area (Å²) < 4.78 is 17.1. The van der Waals surface area contributed by atoms with E-state index in [2.05, 4.69) is 30.6 Å². The van der Waals surface area contributed by atoms with Crippen LogP contribution in [0.15, 0.2) is 35.1 Å².